The first kappa shape index (κ1) is 38.2. The van der Waals surface area contributed by atoms with Crippen molar-refractivity contribution in [2.45, 2.75) is 72.1 Å². The fourth-order valence-corrected chi connectivity index (χ4v) is 6.68. The van der Waals surface area contributed by atoms with Crippen LogP contribution < -0.4 is 9.80 Å². The van der Waals surface area contributed by atoms with E-state index in [0.29, 0.717) is 29.5 Å². The van der Waals surface area contributed by atoms with Crippen LogP contribution in [-0.2, 0) is 4.79 Å². The summed E-state index contributed by atoms with van der Waals surface area (Å²) in [5.41, 5.74) is 1.90. The molecule has 256 valence electrons. The molecule has 3 aromatic rings. The van der Waals surface area contributed by atoms with Crippen molar-refractivity contribution in [2.75, 3.05) is 33.7 Å². The van der Waals surface area contributed by atoms with E-state index in [2.05, 4.69) is 10.1 Å². The van der Waals surface area contributed by atoms with Crippen molar-refractivity contribution in [1.29, 1.82) is 0 Å². The number of hydrogen-bond donors (Lipinski definition) is 0. The second-order valence-corrected chi connectivity index (χ2v) is 14.2. The summed E-state index contributed by atoms with van der Waals surface area (Å²) in [6, 6.07) is 13.4. The van der Waals surface area contributed by atoms with Crippen molar-refractivity contribution in [3.05, 3.63) is 66.2 Å². The lowest BCUT2D eigenvalue weighted by Gasteiger charge is -2.38. The average molecular weight is 712 g/mol. The fourth-order valence-electron chi connectivity index (χ4n) is 4.28. The van der Waals surface area contributed by atoms with Gasteiger partial charge in [0.15, 0.2) is 10.3 Å². The van der Waals surface area contributed by atoms with Crippen LogP contribution in [0.4, 0.5) is 29.3 Å². The lowest BCUT2D eigenvalue weighted by Crippen LogP contribution is -2.53. The Balaban J connectivity index is 0.000000261. The molecule has 2 aromatic heterocycles. The summed E-state index contributed by atoms with van der Waals surface area (Å²) in [5, 5.41) is 5.18. The molecule has 0 bridgehead atoms. The van der Waals surface area contributed by atoms with E-state index < -0.39 is 12.6 Å². The normalized spacial score (nSPS) is 14.8. The number of nitrogens with zero attached hydrogens (tertiary/aromatic N) is 7. The zero-order valence-corrected chi connectivity index (χ0v) is 29.8. The first-order valence-corrected chi connectivity index (χ1v) is 17.6. The number of urea groups is 1. The van der Waals surface area contributed by atoms with E-state index in [0.717, 1.165) is 22.6 Å². The van der Waals surface area contributed by atoms with Crippen LogP contribution in [0.15, 0.2) is 66.0 Å². The number of aromatic nitrogens is 3. The Hall–Kier alpha value is -3.23. The van der Waals surface area contributed by atoms with Gasteiger partial charge >= 0.3 is 12.2 Å². The number of pyridine rings is 1. The van der Waals surface area contributed by atoms with Crippen LogP contribution in [0.1, 0.15) is 54.4 Å². The van der Waals surface area contributed by atoms with Crippen LogP contribution >= 0.6 is 35.1 Å². The maximum atomic E-state index is 12.8. The monoisotopic (exact) mass is 711 g/mol. The van der Waals surface area contributed by atoms with Crippen LogP contribution in [0.2, 0.25) is 5.15 Å². The number of carbonyl (C=O) groups excluding carboxylic acids is 2. The SMILES string of the molecule is CC(C)N1C(=O)N(c2ccccc2)CSC1=NC(C)(C)C.CCN(C(=O)CCSCCC(F)(F)F)c1cn(-c2cccnc2)nc1Cl. The smallest absolute Gasteiger partial charge is 0.308 e. The van der Waals surface area contributed by atoms with Crippen LogP contribution in [0.3, 0.4) is 0 Å². The Morgan fingerprint density at radius 1 is 1.11 bits per heavy atom. The van der Waals surface area contributed by atoms with Gasteiger partial charge in [-0.1, -0.05) is 41.6 Å². The molecule has 15 heteroatoms. The lowest BCUT2D eigenvalue weighted by atomic mass is 10.1. The molecule has 0 spiro atoms. The van der Waals surface area contributed by atoms with Crippen LogP contribution in [0.25, 0.3) is 5.69 Å². The van der Waals surface area contributed by atoms with E-state index >= 15 is 0 Å². The van der Waals surface area contributed by atoms with Crippen molar-refractivity contribution in [3.63, 3.8) is 0 Å². The van der Waals surface area contributed by atoms with Gasteiger partial charge in [0.2, 0.25) is 5.91 Å². The summed E-state index contributed by atoms with van der Waals surface area (Å²) in [6.07, 6.45) is -0.00736. The predicted molar refractivity (Wildman–Crippen MR) is 188 cm³/mol. The van der Waals surface area contributed by atoms with Gasteiger partial charge in [-0.25, -0.2) is 9.48 Å². The zero-order chi connectivity index (χ0) is 34.8. The molecular formula is C32H41ClF3N7O2S2. The van der Waals surface area contributed by atoms with Crippen molar-refractivity contribution in [3.8, 4) is 5.69 Å². The van der Waals surface area contributed by atoms with Gasteiger partial charge in [0, 0.05) is 42.4 Å². The Morgan fingerprint density at radius 3 is 2.36 bits per heavy atom. The number of benzene rings is 1. The Kier molecular flexibility index (Phi) is 14.0. The van der Waals surface area contributed by atoms with Crippen LogP contribution in [0, 0.1) is 0 Å². The van der Waals surface area contributed by atoms with Crippen LogP contribution in [-0.4, -0.2) is 78.5 Å². The molecule has 1 aromatic carbocycles. The number of aliphatic imine (C=N–C) groups is 1. The number of amides is 3. The van der Waals surface area contributed by atoms with Crippen molar-refractivity contribution >= 4 is 63.6 Å². The van der Waals surface area contributed by atoms with Gasteiger partial charge in [0.25, 0.3) is 0 Å². The number of para-hydroxylation sites is 1. The predicted octanol–water partition coefficient (Wildman–Crippen LogP) is 8.53. The standard InChI is InChI=1S/C16H18ClF3N4OS.C16H23N3OS/c1-2-23(14(25)5-8-26-9-6-16(18,19)20)13-11-24(22-15(13)17)12-4-3-7-21-10-12;1-12(2)19-14(17-16(3,4)5)21-11-18(15(19)20)13-9-7-6-8-10-13/h3-4,7,10-11H,2,5-6,8-9H2,1H3;6-10,12H,11H2,1-5H3. The lowest BCUT2D eigenvalue weighted by molar-refractivity contribution is -0.129. The maximum Gasteiger partial charge on any atom is 0.389 e. The molecule has 0 N–H and O–H groups in total. The molecule has 0 aliphatic carbocycles. The highest BCUT2D eigenvalue weighted by Gasteiger charge is 2.34. The molecule has 4 rings (SSSR count). The molecule has 1 aliphatic rings. The molecule has 1 saturated heterocycles. The number of carbonyl (C=O) groups is 2. The number of hydrogen-bond acceptors (Lipinski definition) is 7. The van der Waals surface area contributed by atoms with Gasteiger partial charge in [-0.05, 0) is 65.8 Å². The maximum absolute atomic E-state index is 12.8. The summed E-state index contributed by atoms with van der Waals surface area (Å²) in [7, 11) is 0. The van der Waals surface area contributed by atoms with Crippen molar-refractivity contribution in [2.24, 2.45) is 4.99 Å². The molecular weight excluding hydrogens is 671 g/mol. The summed E-state index contributed by atoms with van der Waals surface area (Å²) in [4.78, 5) is 39.0. The second-order valence-electron chi connectivity index (χ2n) is 11.7. The van der Waals surface area contributed by atoms with Crippen molar-refractivity contribution < 1.29 is 22.8 Å². The summed E-state index contributed by atoms with van der Waals surface area (Å²) in [5.74, 6) is 0.656. The second kappa shape index (κ2) is 17.3. The highest BCUT2D eigenvalue weighted by molar-refractivity contribution is 8.14. The van der Waals surface area contributed by atoms with Gasteiger partial charge in [-0.2, -0.15) is 30.0 Å². The van der Waals surface area contributed by atoms with Gasteiger partial charge in [0.05, 0.1) is 35.9 Å². The van der Waals surface area contributed by atoms with Gasteiger partial charge < -0.3 is 4.90 Å². The molecule has 47 heavy (non-hydrogen) atoms. The van der Waals surface area contributed by atoms with E-state index in [1.165, 1.54) is 9.58 Å². The minimum Gasteiger partial charge on any atom is -0.308 e. The first-order chi connectivity index (χ1) is 22.1. The first-order valence-electron chi connectivity index (χ1n) is 15.1. The molecule has 0 unspecified atom stereocenters. The molecule has 1 fully saturated rings. The minimum atomic E-state index is -4.17. The summed E-state index contributed by atoms with van der Waals surface area (Å²) < 4.78 is 37.9. The summed E-state index contributed by atoms with van der Waals surface area (Å²) >= 11 is 8.89. The van der Waals surface area contributed by atoms with Gasteiger partial charge in [0.1, 0.15) is 5.69 Å². The quantitative estimate of drug-likeness (QED) is 0.196. The van der Waals surface area contributed by atoms with E-state index in [4.69, 9.17) is 16.6 Å². The van der Waals surface area contributed by atoms with Gasteiger partial charge in [-0.3, -0.25) is 24.6 Å². The van der Waals surface area contributed by atoms with Gasteiger partial charge in [-0.15, -0.1) is 0 Å². The molecule has 1 aliphatic heterocycles. The topological polar surface area (TPSA) is 86.9 Å². The third-order valence-electron chi connectivity index (χ3n) is 6.44. The number of rotatable bonds is 10. The highest BCUT2D eigenvalue weighted by atomic mass is 35.5. The Morgan fingerprint density at radius 2 is 1.79 bits per heavy atom. The Labute approximate surface area is 287 Å². The van der Waals surface area contributed by atoms with E-state index in [1.807, 2.05) is 65.0 Å². The fraction of sp³-hybridized carbons (Fsp3) is 0.469. The van der Waals surface area contributed by atoms with Crippen LogP contribution in [0.5, 0.6) is 0 Å². The molecule has 9 nitrogen and oxygen atoms in total. The molecule has 3 heterocycles. The molecule has 0 radical (unpaired) electrons. The highest BCUT2D eigenvalue weighted by Crippen LogP contribution is 2.30. The van der Waals surface area contributed by atoms with E-state index in [-0.39, 0.29) is 40.8 Å². The average Bonchev–Trinajstić information content (AvgIpc) is 3.38. The third-order valence-corrected chi connectivity index (χ3v) is 8.63. The number of thioether (sulfide) groups is 2. The van der Waals surface area contributed by atoms with E-state index in [9.17, 15) is 22.8 Å². The Bertz CT molecular complexity index is 1480. The molecule has 0 saturated carbocycles. The zero-order valence-electron chi connectivity index (χ0n) is 27.4. The third kappa shape index (κ3) is 11.8. The summed E-state index contributed by atoms with van der Waals surface area (Å²) in [6.45, 7) is 12.4. The minimum absolute atomic E-state index is 0.00190. The van der Waals surface area contributed by atoms with Crippen molar-refractivity contribution in [1.82, 2.24) is 19.7 Å². The largest absolute Gasteiger partial charge is 0.389 e. The molecule has 3 amide bonds. The molecule has 0 atom stereocenters. The number of anilines is 2. The number of halogens is 4. The van der Waals surface area contributed by atoms with E-state index in [1.54, 1.807) is 59.2 Å². The number of alkyl halides is 3. The number of amidine groups is 1.